The monoisotopic (exact) mass is 328 g/mol. The summed E-state index contributed by atoms with van der Waals surface area (Å²) < 4.78 is 0.730. The lowest BCUT2D eigenvalue weighted by Crippen LogP contribution is -2.08. The van der Waals surface area contributed by atoms with E-state index >= 15 is 0 Å². The van der Waals surface area contributed by atoms with E-state index < -0.39 is 0 Å². The lowest BCUT2D eigenvalue weighted by molar-refractivity contribution is 0.707. The topological polar surface area (TPSA) is 25.8 Å². The Morgan fingerprint density at radius 3 is 2.08 bits per heavy atom. The molecule has 70 valence electrons. The van der Waals surface area contributed by atoms with Crippen LogP contribution in [0.3, 0.4) is 0 Å². The summed E-state index contributed by atoms with van der Waals surface area (Å²) in [6, 6.07) is 0. The fourth-order valence-corrected chi connectivity index (χ4v) is 1.70. The van der Waals surface area contributed by atoms with Gasteiger partial charge in [0.25, 0.3) is 0 Å². The molecule has 1 aliphatic rings. The van der Waals surface area contributed by atoms with Crippen molar-refractivity contribution in [3.8, 4) is 0 Å². The molecule has 1 aromatic rings. The number of hydrogen-bond acceptors (Lipinski definition) is 2. The van der Waals surface area contributed by atoms with E-state index in [1.165, 1.54) is 0 Å². The highest BCUT2D eigenvalue weighted by Crippen LogP contribution is 2.46. The second-order valence-corrected chi connectivity index (χ2v) is 5.30. The molecule has 0 aliphatic heterocycles. The van der Waals surface area contributed by atoms with Crippen molar-refractivity contribution >= 4 is 45.8 Å². The van der Waals surface area contributed by atoms with Crippen molar-refractivity contribution in [1.82, 2.24) is 9.97 Å². The Hall–Kier alpha value is 0.390. The van der Waals surface area contributed by atoms with Crippen LogP contribution in [-0.4, -0.2) is 9.97 Å². The molecule has 1 aliphatic carbocycles. The minimum absolute atomic E-state index is 0.123. The van der Waals surface area contributed by atoms with Gasteiger partial charge >= 0.3 is 0 Å². The van der Waals surface area contributed by atoms with Crippen LogP contribution in [0, 0.1) is 3.57 Å². The molecule has 0 unspecified atom stereocenters. The van der Waals surface area contributed by atoms with Gasteiger partial charge < -0.3 is 0 Å². The predicted octanol–water partition coefficient (Wildman–Crippen LogP) is 3.44. The predicted molar refractivity (Wildman–Crippen MR) is 61.4 cm³/mol. The van der Waals surface area contributed by atoms with Crippen LogP contribution in [0.5, 0.6) is 0 Å². The molecule has 0 spiro atoms. The van der Waals surface area contributed by atoms with Crippen molar-refractivity contribution in [3.05, 3.63) is 19.7 Å². The smallest absolute Gasteiger partial charge is 0.147 e. The lowest BCUT2D eigenvalue weighted by Gasteiger charge is -2.08. The summed E-state index contributed by atoms with van der Waals surface area (Å²) in [7, 11) is 0. The maximum Gasteiger partial charge on any atom is 0.147 e. The van der Waals surface area contributed by atoms with Gasteiger partial charge in [-0.05, 0) is 35.4 Å². The van der Waals surface area contributed by atoms with Gasteiger partial charge in [0.1, 0.15) is 16.1 Å². The van der Waals surface area contributed by atoms with E-state index in [9.17, 15) is 0 Å². The Morgan fingerprint density at radius 1 is 1.23 bits per heavy atom. The largest absolute Gasteiger partial charge is 0.219 e. The molecule has 0 amide bonds. The van der Waals surface area contributed by atoms with E-state index in [4.69, 9.17) is 23.2 Å². The standard InChI is InChI=1S/C8H7Cl2IN2/c1-8(2-3-8)7-12-5(9)4(11)6(10)13-7/h2-3H2,1H3. The maximum atomic E-state index is 5.91. The maximum absolute atomic E-state index is 5.91. The van der Waals surface area contributed by atoms with Crippen LogP contribution in [0.25, 0.3) is 0 Å². The minimum atomic E-state index is 0.123. The van der Waals surface area contributed by atoms with Crippen molar-refractivity contribution in [2.45, 2.75) is 25.2 Å². The van der Waals surface area contributed by atoms with Crippen LogP contribution in [0.15, 0.2) is 0 Å². The highest BCUT2D eigenvalue weighted by Gasteiger charge is 2.42. The lowest BCUT2D eigenvalue weighted by atomic mass is 10.1. The number of rotatable bonds is 1. The van der Waals surface area contributed by atoms with Gasteiger partial charge in [0, 0.05) is 5.41 Å². The molecule has 0 aromatic carbocycles. The number of nitrogens with zero attached hydrogens (tertiary/aromatic N) is 2. The number of halogens is 3. The van der Waals surface area contributed by atoms with Crippen molar-refractivity contribution < 1.29 is 0 Å². The third kappa shape index (κ3) is 1.78. The van der Waals surface area contributed by atoms with Crippen LogP contribution >= 0.6 is 45.8 Å². The highest BCUT2D eigenvalue weighted by molar-refractivity contribution is 14.1. The quantitative estimate of drug-likeness (QED) is 0.583. The molecule has 1 saturated carbocycles. The van der Waals surface area contributed by atoms with E-state index in [2.05, 4.69) is 16.9 Å². The van der Waals surface area contributed by atoms with Crippen LogP contribution in [-0.2, 0) is 5.41 Å². The van der Waals surface area contributed by atoms with Crippen LogP contribution < -0.4 is 0 Å². The second-order valence-electron chi connectivity index (χ2n) is 3.50. The summed E-state index contributed by atoms with van der Waals surface area (Å²) in [5.41, 5.74) is 0.123. The van der Waals surface area contributed by atoms with Crippen LogP contribution in [0.2, 0.25) is 10.3 Å². The Kier molecular flexibility index (Phi) is 2.45. The minimum Gasteiger partial charge on any atom is -0.219 e. The Bertz CT molecular complexity index is 340. The Labute approximate surface area is 100 Å². The van der Waals surface area contributed by atoms with Crippen LogP contribution in [0.4, 0.5) is 0 Å². The van der Waals surface area contributed by atoms with Gasteiger partial charge in [0.15, 0.2) is 0 Å². The first-order valence-electron chi connectivity index (χ1n) is 3.92. The Balaban J connectivity index is 2.50. The highest BCUT2D eigenvalue weighted by atomic mass is 127. The van der Waals surface area contributed by atoms with Gasteiger partial charge in [0.2, 0.25) is 0 Å². The molecular formula is C8H7Cl2IN2. The zero-order chi connectivity index (χ0) is 9.64. The molecule has 1 heterocycles. The van der Waals surface area contributed by atoms with Crippen LogP contribution in [0.1, 0.15) is 25.6 Å². The molecule has 0 bridgehead atoms. The molecule has 5 heteroatoms. The average Bonchev–Trinajstić information content (AvgIpc) is 2.80. The molecule has 0 saturated heterocycles. The summed E-state index contributed by atoms with van der Waals surface area (Å²) in [6.07, 6.45) is 2.25. The summed E-state index contributed by atoms with van der Waals surface area (Å²) in [5.74, 6) is 0.780. The average molecular weight is 329 g/mol. The van der Waals surface area contributed by atoms with E-state index in [1.54, 1.807) is 0 Å². The van der Waals surface area contributed by atoms with Crippen molar-refractivity contribution in [3.63, 3.8) is 0 Å². The van der Waals surface area contributed by atoms with E-state index in [0.29, 0.717) is 10.3 Å². The number of aromatic nitrogens is 2. The third-order valence-corrected chi connectivity index (χ3v) is 4.52. The zero-order valence-corrected chi connectivity index (χ0v) is 10.6. The van der Waals surface area contributed by atoms with Gasteiger partial charge in [0.05, 0.1) is 3.57 Å². The van der Waals surface area contributed by atoms with Gasteiger partial charge in [-0.25, -0.2) is 9.97 Å². The molecular weight excluding hydrogens is 322 g/mol. The Morgan fingerprint density at radius 2 is 1.69 bits per heavy atom. The molecule has 2 nitrogen and oxygen atoms in total. The summed E-state index contributed by atoms with van der Waals surface area (Å²) in [4.78, 5) is 8.46. The van der Waals surface area contributed by atoms with Gasteiger partial charge in [-0.15, -0.1) is 0 Å². The van der Waals surface area contributed by atoms with E-state index in [-0.39, 0.29) is 5.41 Å². The number of hydrogen-bond donors (Lipinski definition) is 0. The van der Waals surface area contributed by atoms with Crippen molar-refractivity contribution in [1.29, 1.82) is 0 Å². The third-order valence-electron chi connectivity index (χ3n) is 2.31. The molecule has 0 N–H and O–H groups in total. The first-order valence-corrected chi connectivity index (χ1v) is 5.75. The summed E-state index contributed by atoms with van der Waals surface area (Å²) >= 11 is 13.9. The van der Waals surface area contributed by atoms with Crippen molar-refractivity contribution in [2.75, 3.05) is 0 Å². The molecule has 1 aromatic heterocycles. The van der Waals surface area contributed by atoms with Crippen molar-refractivity contribution in [2.24, 2.45) is 0 Å². The normalized spacial score (nSPS) is 18.8. The molecule has 2 rings (SSSR count). The second kappa shape index (κ2) is 3.21. The van der Waals surface area contributed by atoms with Gasteiger partial charge in [-0.3, -0.25) is 0 Å². The van der Waals surface area contributed by atoms with E-state index in [0.717, 1.165) is 22.2 Å². The summed E-state index contributed by atoms with van der Waals surface area (Å²) in [6.45, 7) is 2.13. The molecule has 0 atom stereocenters. The zero-order valence-electron chi connectivity index (χ0n) is 6.94. The van der Waals surface area contributed by atoms with E-state index in [1.807, 2.05) is 22.6 Å². The summed E-state index contributed by atoms with van der Waals surface area (Å²) in [5, 5.41) is 0.924. The molecule has 0 radical (unpaired) electrons. The van der Waals surface area contributed by atoms with Gasteiger partial charge in [-0.2, -0.15) is 0 Å². The molecule has 13 heavy (non-hydrogen) atoms. The first kappa shape index (κ1) is 9.93. The SMILES string of the molecule is CC1(c2nc(Cl)c(I)c(Cl)n2)CC1. The molecule has 1 fully saturated rings. The fourth-order valence-electron chi connectivity index (χ4n) is 1.08. The fraction of sp³-hybridized carbons (Fsp3) is 0.500. The first-order chi connectivity index (χ1) is 6.03. The van der Waals surface area contributed by atoms with Gasteiger partial charge in [-0.1, -0.05) is 30.1 Å².